The molecule has 0 spiro atoms. The largest absolute Gasteiger partial charge is 0.366 e. The van der Waals surface area contributed by atoms with Crippen LogP contribution < -0.4 is 0 Å². The molecule has 0 saturated carbocycles. The van der Waals surface area contributed by atoms with Crippen LogP contribution >= 0.6 is 0 Å². The summed E-state index contributed by atoms with van der Waals surface area (Å²) in [6.45, 7) is 11.8. The van der Waals surface area contributed by atoms with Crippen LogP contribution in [0.2, 0.25) is 0 Å². The van der Waals surface area contributed by atoms with Crippen molar-refractivity contribution in [2.45, 2.75) is 53.5 Å². The van der Waals surface area contributed by atoms with E-state index in [9.17, 15) is 9.59 Å². The number of amides is 2. The van der Waals surface area contributed by atoms with Crippen LogP contribution in [0.3, 0.4) is 0 Å². The average molecular weight is 340 g/mol. The Labute approximate surface area is 150 Å². The molecule has 4 heteroatoms. The van der Waals surface area contributed by atoms with Gasteiger partial charge in [-0.1, -0.05) is 25.1 Å². The number of piperidine rings is 1. The molecule has 2 amide bonds. The lowest BCUT2D eigenvalue weighted by Gasteiger charge is -2.33. The van der Waals surface area contributed by atoms with Crippen LogP contribution in [0.1, 0.15) is 50.3 Å². The minimum Gasteiger partial charge on any atom is -0.366 e. The molecule has 1 aromatic rings. The predicted molar refractivity (Wildman–Crippen MR) is 99.8 cm³/mol. The molecule has 2 aliphatic heterocycles. The summed E-state index contributed by atoms with van der Waals surface area (Å²) in [5.74, 6) is 0.384. The van der Waals surface area contributed by atoms with E-state index in [4.69, 9.17) is 0 Å². The van der Waals surface area contributed by atoms with Gasteiger partial charge in [-0.2, -0.15) is 0 Å². The van der Waals surface area contributed by atoms with E-state index in [2.05, 4.69) is 18.7 Å². The van der Waals surface area contributed by atoms with E-state index >= 15 is 0 Å². The Bertz CT molecular complexity index is 740. The molecule has 0 radical (unpaired) electrons. The SMILES string of the molecule is Cc1ccc(C2=C(N3CCC(C)CC3)C(=O)N(C(C)C)C2=O)cc1C. The van der Waals surface area contributed by atoms with Gasteiger partial charge in [-0.15, -0.1) is 0 Å². The van der Waals surface area contributed by atoms with E-state index < -0.39 is 0 Å². The lowest BCUT2D eigenvalue weighted by molar-refractivity contribution is -0.139. The van der Waals surface area contributed by atoms with Crippen molar-refractivity contribution in [1.29, 1.82) is 0 Å². The molecule has 25 heavy (non-hydrogen) atoms. The summed E-state index contributed by atoms with van der Waals surface area (Å²) in [5.41, 5.74) is 4.37. The van der Waals surface area contributed by atoms with E-state index in [0.717, 1.165) is 37.1 Å². The first-order chi connectivity index (χ1) is 11.8. The second-order valence-electron chi connectivity index (χ2n) is 7.77. The standard InChI is InChI=1S/C21H28N2O2/c1-13(2)23-20(24)18(17-7-6-15(4)16(5)12-17)19(21(23)25)22-10-8-14(3)9-11-22/h6-7,12-14H,8-11H2,1-5H3. The van der Waals surface area contributed by atoms with Crippen molar-refractivity contribution >= 4 is 17.4 Å². The number of carbonyl (C=O) groups excluding carboxylic acids is 2. The number of rotatable bonds is 3. The molecule has 4 nitrogen and oxygen atoms in total. The third-order valence-electron chi connectivity index (χ3n) is 5.50. The molecule has 1 aromatic carbocycles. The highest BCUT2D eigenvalue weighted by Crippen LogP contribution is 2.35. The first kappa shape index (κ1) is 17.7. The normalized spacial score (nSPS) is 19.6. The van der Waals surface area contributed by atoms with Crippen molar-refractivity contribution in [3.63, 3.8) is 0 Å². The molecule has 134 valence electrons. The van der Waals surface area contributed by atoms with Crippen molar-refractivity contribution < 1.29 is 9.59 Å². The minimum atomic E-state index is -0.156. The second kappa shape index (κ2) is 6.66. The smallest absolute Gasteiger partial charge is 0.278 e. The Morgan fingerprint density at radius 1 is 1.00 bits per heavy atom. The predicted octanol–water partition coefficient (Wildman–Crippen LogP) is 3.52. The quantitative estimate of drug-likeness (QED) is 0.791. The van der Waals surface area contributed by atoms with E-state index in [0.29, 0.717) is 17.2 Å². The fourth-order valence-electron chi connectivity index (χ4n) is 3.69. The molecular formula is C21H28N2O2. The summed E-state index contributed by atoms with van der Waals surface area (Å²) in [7, 11) is 0. The van der Waals surface area contributed by atoms with Crippen LogP contribution in [0.4, 0.5) is 0 Å². The molecule has 0 aromatic heterocycles. The number of carbonyl (C=O) groups is 2. The summed E-state index contributed by atoms with van der Waals surface area (Å²) in [5, 5.41) is 0. The summed E-state index contributed by atoms with van der Waals surface area (Å²) in [6.07, 6.45) is 2.12. The van der Waals surface area contributed by atoms with Crippen molar-refractivity contribution in [2.75, 3.05) is 13.1 Å². The van der Waals surface area contributed by atoms with Crippen molar-refractivity contribution in [2.24, 2.45) is 5.92 Å². The molecular weight excluding hydrogens is 312 g/mol. The van der Waals surface area contributed by atoms with Gasteiger partial charge >= 0.3 is 0 Å². The van der Waals surface area contributed by atoms with Crippen LogP contribution in [-0.4, -0.2) is 40.7 Å². The molecule has 0 aliphatic carbocycles. The van der Waals surface area contributed by atoms with Gasteiger partial charge in [0.2, 0.25) is 0 Å². The maximum atomic E-state index is 13.1. The van der Waals surface area contributed by atoms with Gasteiger partial charge in [-0.3, -0.25) is 14.5 Å². The van der Waals surface area contributed by atoms with Crippen molar-refractivity contribution in [1.82, 2.24) is 9.80 Å². The third-order valence-corrected chi connectivity index (χ3v) is 5.50. The Morgan fingerprint density at radius 3 is 2.20 bits per heavy atom. The first-order valence-corrected chi connectivity index (χ1v) is 9.26. The van der Waals surface area contributed by atoms with E-state index in [1.54, 1.807) is 0 Å². The first-order valence-electron chi connectivity index (χ1n) is 9.26. The molecule has 2 aliphatic rings. The minimum absolute atomic E-state index is 0.136. The van der Waals surface area contributed by atoms with Crippen molar-refractivity contribution in [3.05, 3.63) is 40.6 Å². The van der Waals surface area contributed by atoms with Gasteiger partial charge < -0.3 is 4.90 Å². The van der Waals surface area contributed by atoms with Crippen LogP contribution in [0, 0.1) is 19.8 Å². The lowest BCUT2D eigenvalue weighted by Crippen LogP contribution is -2.41. The zero-order valence-corrected chi connectivity index (χ0v) is 15.9. The molecule has 0 N–H and O–H groups in total. The van der Waals surface area contributed by atoms with E-state index in [-0.39, 0.29) is 17.9 Å². The van der Waals surface area contributed by atoms with Gasteiger partial charge in [0.1, 0.15) is 5.70 Å². The topological polar surface area (TPSA) is 40.6 Å². The van der Waals surface area contributed by atoms with Gasteiger partial charge in [-0.05, 0) is 63.1 Å². The maximum absolute atomic E-state index is 13.1. The van der Waals surface area contributed by atoms with Crippen LogP contribution in [0.5, 0.6) is 0 Å². The lowest BCUT2D eigenvalue weighted by atomic mass is 9.96. The van der Waals surface area contributed by atoms with Gasteiger partial charge in [0.15, 0.2) is 0 Å². The highest BCUT2D eigenvalue weighted by atomic mass is 16.2. The maximum Gasteiger partial charge on any atom is 0.278 e. The molecule has 1 saturated heterocycles. The molecule has 0 bridgehead atoms. The van der Waals surface area contributed by atoms with Gasteiger partial charge in [0, 0.05) is 19.1 Å². The Kier molecular flexibility index (Phi) is 4.72. The third kappa shape index (κ3) is 3.10. The number of benzene rings is 1. The number of nitrogens with zero attached hydrogens (tertiary/aromatic N) is 2. The number of hydrogen-bond donors (Lipinski definition) is 0. The number of likely N-dealkylation sites (tertiary alicyclic amines) is 1. The zero-order chi connectivity index (χ0) is 18.3. The van der Waals surface area contributed by atoms with E-state index in [1.165, 1.54) is 10.5 Å². The highest BCUT2D eigenvalue weighted by Gasteiger charge is 2.43. The fraction of sp³-hybridized carbons (Fsp3) is 0.524. The summed E-state index contributed by atoms with van der Waals surface area (Å²) < 4.78 is 0. The Hall–Kier alpha value is -2.10. The molecule has 0 unspecified atom stereocenters. The zero-order valence-electron chi connectivity index (χ0n) is 15.9. The number of hydrogen-bond acceptors (Lipinski definition) is 3. The molecule has 0 atom stereocenters. The molecule has 1 fully saturated rings. The Morgan fingerprint density at radius 2 is 1.64 bits per heavy atom. The van der Waals surface area contributed by atoms with Crippen LogP contribution in [-0.2, 0) is 9.59 Å². The fourth-order valence-corrected chi connectivity index (χ4v) is 3.69. The average Bonchev–Trinajstić information content (AvgIpc) is 2.82. The van der Waals surface area contributed by atoms with Crippen LogP contribution in [0.25, 0.3) is 5.57 Å². The number of aryl methyl sites for hydroxylation is 2. The highest BCUT2D eigenvalue weighted by molar-refractivity contribution is 6.35. The summed E-state index contributed by atoms with van der Waals surface area (Å²) in [6, 6.07) is 5.90. The Balaban J connectivity index is 2.10. The summed E-state index contributed by atoms with van der Waals surface area (Å²) in [4.78, 5) is 29.7. The van der Waals surface area contributed by atoms with Gasteiger partial charge in [0.25, 0.3) is 11.8 Å². The van der Waals surface area contributed by atoms with E-state index in [1.807, 2.05) is 39.0 Å². The van der Waals surface area contributed by atoms with Gasteiger partial charge in [-0.25, -0.2) is 0 Å². The molecule has 3 rings (SSSR count). The second-order valence-corrected chi connectivity index (χ2v) is 7.77. The van der Waals surface area contributed by atoms with Gasteiger partial charge in [0.05, 0.1) is 5.57 Å². The van der Waals surface area contributed by atoms with Crippen molar-refractivity contribution in [3.8, 4) is 0 Å². The number of imide groups is 1. The van der Waals surface area contributed by atoms with Crippen LogP contribution in [0.15, 0.2) is 23.9 Å². The molecule has 2 heterocycles. The summed E-state index contributed by atoms with van der Waals surface area (Å²) >= 11 is 0. The monoisotopic (exact) mass is 340 g/mol.